The third kappa shape index (κ3) is 3.70. The Morgan fingerprint density at radius 1 is 1.14 bits per heavy atom. The van der Waals surface area contributed by atoms with Gasteiger partial charge in [0.25, 0.3) is 5.91 Å². The van der Waals surface area contributed by atoms with Crippen molar-refractivity contribution in [3.05, 3.63) is 58.1 Å². The minimum absolute atomic E-state index is 0.141. The van der Waals surface area contributed by atoms with Gasteiger partial charge >= 0.3 is 0 Å². The highest BCUT2D eigenvalue weighted by atomic mass is 35.5. The van der Waals surface area contributed by atoms with Crippen LogP contribution in [0.3, 0.4) is 0 Å². The van der Waals surface area contributed by atoms with Crippen molar-refractivity contribution in [1.29, 1.82) is 0 Å². The molecule has 2 N–H and O–H groups in total. The number of carbonyl (C=O) groups excluding carboxylic acids is 1. The van der Waals surface area contributed by atoms with Gasteiger partial charge in [-0.3, -0.25) is 4.79 Å². The van der Waals surface area contributed by atoms with E-state index in [1.807, 2.05) is 18.2 Å². The number of phenolic OH excluding ortho intramolecular Hbond substituents is 1. The smallest absolute Gasteiger partial charge is 0.271 e. The molecule has 1 fully saturated rings. The minimum Gasteiger partial charge on any atom is -0.507 e. The fourth-order valence-electron chi connectivity index (χ4n) is 3.75. The van der Waals surface area contributed by atoms with Gasteiger partial charge in [0.05, 0.1) is 5.71 Å². The molecule has 6 nitrogen and oxygen atoms in total. The largest absolute Gasteiger partial charge is 0.507 e. The molecule has 28 heavy (non-hydrogen) atoms. The summed E-state index contributed by atoms with van der Waals surface area (Å²) in [6.07, 6.45) is 1.34. The molecule has 2 aromatic rings. The van der Waals surface area contributed by atoms with Crippen molar-refractivity contribution in [2.75, 3.05) is 38.1 Å². The van der Waals surface area contributed by atoms with Crippen LogP contribution in [0.4, 0.5) is 5.69 Å². The molecular weight excluding hydrogens is 376 g/mol. The molecule has 2 aromatic carbocycles. The van der Waals surface area contributed by atoms with E-state index in [1.165, 1.54) is 0 Å². The Morgan fingerprint density at radius 2 is 1.93 bits per heavy atom. The molecule has 0 bridgehead atoms. The second-order valence-electron chi connectivity index (χ2n) is 7.26. The van der Waals surface area contributed by atoms with Crippen LogP contribution in [-0.4, -0.2) is 54.9 Å². The van der Waals surface area contributed by atoms with Crippen LogP contribution < -0.4 is 10.3 Å². The van der Waals surface area contributed by atoms with Gasteiger partial charge in [0, 0.05) is 48.0 Å². The maximum absolute atomic E-state index is 12.6. The number of phenols is 1. The van der Waals surface area contributed by atoms with Crippen molar-refractivity contribution in [2.45, 2.75) is 12.8 Å². The number of fused-ring (bicyclic) bond motifs is 1. The Hall–Kier alpha value is -2.57. The van der Waals surface area contributed by atoms with Crippen LogP contribution in [0.1, 0.15) is 27.9 Å². The molecule has 0 radical (unpaired) electrons. The summed E-state index contributed by atoms with van der Waals surface area (Å²) < 4.78 is 0. The van der Waals surface area contributed by atoms with Crippen LogP contribution in [0.5, 0.6) is 5.75 Å². The first kappa shape index (κ1) is 18.8. The van der Waals surface area contributed by atoms with Gasteiger partial charge in [-0.25, -0.2) is 5.43 Å². The van der Waals surface area contributed by atoms with Crippen LogP contribution in [0.25, 0.3) is 0 Å². The van der Waals surface area contributed by atoms with Crippen LogP contribution in [0, 0.1) is 0 Å². The summed E-state index contributed by atoms with van der Waals surface area (Å²) in [6, 6.07) is 10.8. The Balaban J connectivity index is 1.49. The van der Waals surface area contributed by atoms with Crippen LogP contribution in [0.15, 0.2) is 41.5 Å². The first-order chi connectivity index (χ1) is 13.5. The standard InChI is InChI=1S/C21H23ClN4O2/c1-25-9-11-26(12-10-25)15-4-2-3-14(13-15)21(28)24-23-18-7-5-16-17(22)6-8-19(27)20(16)18/h2-4,6,8,13,27H,5,7,9-12H2,1H3,(H,24,28)/b23-18-. The van der Waals surface area contributed by atoms with Gasteiger partial charge in [-0.2, -0.15) is 5.10 Å². The lowest BCUT2D eigenvalue weighted by Gasteiger charge is -2.34. The Labute approximate surface area is 169 Å². The summed E-state index contributed by atoms with van der Waals surface area (Å²) in [4.78, 5) is 17.2. The van der Waals surface area contributed by atoms with E-state index in [2.05, 4.69) is 27.4 Å². The maximum Gasteiger partial charge on any atom is 0.271 e. The van der Waals surface area contributed by atoms with Crippen molar-refractivity contribution in [1.82, 2.24) is 10.3 Å². The topological polar surface area (TPSA) is 68.2 Å². The fraction of sp³-hybridized carbons (Fsp3) is 0.333. The van der Waals surface area contributed by atoms with E-state index in [1.54, 1.807) is 18.2 Å². The number of piperazine rings is 1. The molecule has 0 aromatic heterocycles. The zero-order valence-corrected chi connectivity index (χ0v) is 16.5. The van der Waals surface area contributed by atoms with Crippen molar-refractivity contribution < 1.29 is 9.90 Å². The number of carbonyl (C=O) groups is 1. The molecule has 4 rings (SSSR count). The average Bonchev–Trinajstić information content (AvgIpc) is 3.15. The molecule has 146 valence electrons. The van der Waals surface area contributed by atoms with E-state index >= 15 is 0 Å². The SMILES string of the molecule is CN1CCN(c2cccc(C(=O)N/N=C3/CCc4c(Cl)ccc(O)c43)c2)CC1. The summed E-state index contributed by atoms with van der Waals surface area (Å²) in [5.41, 5.74) is 6.41. The Morgan fingerprint density at radius 3 is 2.71 bits per heavy atom. The molecule has 1 heterocycles. The van der Waals surface area contributed by atoms with Crippen LogP contribution in [-0.2, 0) is 6.42 Å². The van der Waals surface area contributed by atoms with Gasteiger partial charge in [0.15, 0.2) is 0 Å². The number of hydrazone groups is 1. The van der Waals surface area contributed by atoms with Gasteiger partial charge in [0.1, 0.15) is 5.75 Å². The number of rotatable bonds is 3. The molecule has 2 aliphatic rings. The molecule has 1 aliphatic carbocycles. The third-order valence-corrected chi connectivity index (χ3v) is 5.76. The molecule has 0 unspecified atom stereocenters. The number of nitrogens with one attached hydrogen (secondary N) is 1. The fourth-order valence-corrected chi connectivity index (χ4v) is 4.00. The first-order valence-corrected chi connectivity index (χ1v) is 9.82. The van der Waals surface area contributed by atoms with Crippen molar-refractivity contribution in [3.63, 3.8) is 0 Å². The minimum atomic E-state index is -0.265. The summed E-state index contributed by atoms with van der Waals surface area (Å²) in [5.74, 6) is -0.125. The molecular formula is C21H23ClN4O2. The summed E-state index contributed by atoms with van der Waals surface area (Å²) in [5, 5.41) is 15.0. The van der Waals surface area contributed by atoms with Gasteiger partial charge in [-0.15, -0.1) is 0 Å². The van der Waals surface area contributed by atoms with E-state index < -0.39 is 0 Å². The third-order valence-electron chi connectivity index (χ3n) is 5.40. The number of hydrogen-bond acceptors (Lipinski definition) is 5. The van der Waals surface area contributed by atoms with Crippen LogP contribution >= 0.6 is 11.6 Å². The lowest BCUT2D eigenvalue weighted by atomic mass is 10.1. The maximum atomic E-state index is 12.6. The van der Waals surface area contributed by atoms with E-state index in [9.17, 15) is 9.90 Å². The number of halogens is 1. The summed E-state index contributed by atoms with van der Waals surface area (Å²) >= 11 is 6.20. The Kier molecular flexibility index (Phi) is 5.24. The van der Waals surface area contributed by atoms with Crippen molar-refractivity contribution in [3.8, 4) is 5.75 Å². The van der Waals surface area contributed by atoms with Crippen molar-refractivity contribution >= 4 is 28.9 Å². The molecule has 1 aliphatic heterocycles. The van der Waals surface area contributed by atoms with Gasteiger partial charge in [0.2, 0.25) is 0 Å². The number of benzene rings is 2. The van der Waals surface area contributed by atoms with Crippen molar-refractivity contribution in [2.24, 2.45) is 5.10 Å². The molecule has 1 saturated heterocycles. The predicted octanol–water partition coefficient (Wildman–Crippen LogP) is 2.88. The highest BCUT2D eigenvalue weighted by Gasteiger charge is 2.24. The molecule has 0 spiro atoms. The average molecular weight is 399 g/mol. The molecule has 0 saturated carbocycles. The highest BCUT2D eigenvalue weighted by Crippen LogP contribution is 2.35. The van der Waals surface area contributed by atoms with E-state index in [4.69, 9.17) is 11.6 Å². The zero-order chi connectivity index (χ0) is 19.7. The van der Waals surface area contributed by atoms with E-state index in [0.29, 0.717) is 34.7 Å². The summed E-state index contributed by atoms with van der Waals surface area (Å²) in [6.45, 7) is 3.91. The van der Waals surface area contributed by atoms with Gasteiger partial charge in [-0.05, 0) is 55.8 Å². The number of hydrogen-bond donors (Lipinski definition) is 2. The normalized spacial score (nSPS) is 18.4. The zero-order valence-electron chi connectivity index (χ0n) is 15.8. The lowest BCUT2D eigenvalue weighted by molar-refractivity contribution is 0.0955. The van der Waals surface area contributed by atoms with Gasteiger partial charge < -0.3 is 14.9 Å². The molecule has 1 amide bonds. The number of nitrogens with zero attached hydrogens (tertiary/aromatic N) is 3. The summed E-state index contributed by atoms with van der Waals surface area (Å²) in [7, 11) is 2.12. The number of amides is 1. The second kappa shape index (κ2) is 7.81. The lowest BCUT2D eigenvalue weighted by Crippen LogP contribution is -2.44. The molecule has 0 atom stereocenters. The monoisotopic (exact) mass is 398 g/mol. The Bertz CT molecular complexity index is 936. The highest BCUT2D eigenvalue weighted by molar-refractivity contribution is 6.32. The van der Waals surface area contributed by atoms with Crippen LogP contribution in [0.2, 0.25) is 5.02 Å². The first-order valence-electron chi connectivity index (χ1n) is 9.44. The quantitative estimate of drug-likeness (QED) is 0.780. The van der Waals surface area contributed by atoms with Gasteiger partial charge in [-0.1, -0.05) is 17.7 Å². The van der Waals surface area contributed by atoms with E-state index in [0.717, 1.165) is 37.4 Å². The number of anilines is 1. The van der Waals surface area contributed by atoms with E-state index in [-0.39, 0.29) is 11.7 Å². The second-order valence-corrected chi connectivity index (χ2v) is 7.67. The number of aromatic hydroxyl groups is 1. The predicted molar refractivity (Wildman–Crippen MR) is 112 cm³/mol. The number of likely N-dealkylation sites (N-methyl/N-ethyl adjacent to an activating group) is 1. The molecule has 7 heteroatoms.